The first kappa shape index (κ1) is 19.1. The van der Waals surface area contributed by atoms with Crippen molar-refractivity contribution in [3.63, 3.8) is 0 Å². The molecule has 30 heavy (non-hydrogen) atoms. The van der Waals surface area contributed by atoms with Crippen LogP contribution in [0, 0.1) is 5.82 Å². The molecule has 2 aromatic carbocycles. The number of halogens is 1. The van der Waals surface area contributed by atoms with Crippen molar-refractivity contribution in [3.8, 4) is 17.1 Å². The summed E-state index contributed by atoms with van der Waals surface area (Å²) in [6.45, 7) is -0.392. The van der Waals surface area contributed by atoms with Crippen LogP contribution in [-0.2, 0) is 4.79 Å². The summed E-state index contributed by atoms with van der Waals surface area (Å²) >= 11 is 0. The third-order valence-electron chi connectivity index (χ3n) is 4.10. The van der Waals surface area contributed by atoms with E-state index in [1.165, 1.54) is 36.9 Å². The third kappa shape index (κ3) is 4.09. The van der Waals surface area contributed by atoms with Crippen LogP contribution in [0.2, 0.25) is 0 Å². The van der Waals surface area contributed by atoms with E-state index in [0.717, 1.165) is 0 Å². The molecule has 1 amide bonds. The number of hydrazone groups is 1. The van der Waals surface area contributed by atoms with Gasteiger partial charge in [-0.15, -0.1) is 0 Å². The third-order valence-corrected chi connectivity index (χ3v) is 4.10. The summed E-state index contributed by atoms with van der Waals surface area (Å²) in [5.41, 5.74) is 2.94. The lowest BCUT2D eigenvalue weighted by atomic mass is 10.1. The van der Waals surface area contributed by atoms with Gasteiger partial charge in [-0.1, -0.05) is 17.3 Å². The lowest BCUT2D eigenvalue weighted by Gasteiger charge is -2.09. The molecule has 0 aliphatic rings. The second kappa shape index (κ2) is 8.39. The van der Waals surface area contributed by atoms with Gasteiger partial charge in [-0.05, 0) is 30.3 Å². The van der Waals surface area contributed by atoms with E-state index >= 15 is 0 Å². The number of carbonyl (C=O) groups excluding carboxylic acids is 1. The lowest BCUT2D eigenvalue weighted by molar-refractivity contribution is -0.123. The van der Waals surface area contributed by atoms with E-state index in [1.807, 2.05) is 0 Å². The quantitative estimate of drug-likeness (QED) is 0.389. The fourth-order valence-electron chi connectivity index (χ4n) is 2.71. The van der Waals surface area contributed by atoms with Crippen molar-refractivity contribution >= 4 is 23.1 Å². The Morgan fingerprint density at radius 2 is 2.10 bits per heavy atom. The molecule has 8 nitrogen and oxygen atoms in total. The zero-order chi connectivity index (χ0) is 20.9. The summed E-state index contributed by atoms with van der Waals surface area (Å²) < 4.78 is 29.4. The number of rotatable bonds is 6. The van der Waals surface area contributed by atoms with Crippen LogP contribution in [0.25, 0.3) is 22.3 Å². The van der Waals surface area contributed by atoms with E-state index < -0.39 is 18.3 Å². The summed E-state index contributed by atoms with van der Waals surface area (Å²) in [6.07, 6.45) is 3.86. The molecule has 0 aliphatic carbocycles. The van der Waals surface area contributed by atoms with Crippen molar-refractivity contribution < 1.29 is 22.9 Å². The Morgan fingerprint density at radius 1 is 1.23 bits per heavy atom. The number of para-hydroxylation sites is 1. The average molecular weight is 407 g/mol. The van der Waals surface area contributed by atoms with Crippen LogP contribution in [0.15, 0.2) is 79.8 Å². The first-order valence-corrected chi connectivity index (χ1v) is 8.77. The molecule has 0 fully saturated rings. The van der Waals surface area contributed by atoms with Crippen molar-refractivity contribution in [1.82, 2.24) is 10.6 Å². The lowest BCUT2D eigenvalue weighted by Crippen LogP contribution is -2.25. The minimum atomic E-state index is -0.579. The first-order chi connectivity index (χ1) is 14.6. The van der Waals surface area contributed by atoms with Crippen molar-refractivity contribution in [3.05, 3.63) is 82.6 Å². The molecule has 0 aliphatic heterocycles. The molecule has 2 heterocycles. The van der Waals surface area contributed by atoms with Crippen molar-refractivity contribution in [2.45, 2.75) is 0 Å². The van der Waals surface area contributed by atoms with E-state index in [-0.39, 0.29) is 16.7 Å². The largest absolute Gasteiger partial charge is 0.483 e. The topological polar surface area (TPSA) is 107 Å². The predicted molar refractivity (Wildman–Crippen MR) is 106 cm³/mol. The van der Waals surface area contributed by atoms with Gasteiger partial charge in [-0.2, -0.15) is 5.10 Å². The van der Waals surface area contributed by atoms with E-state index in [9.17, 15) is 14.0 Å². The number of fused-ring (bicyclic) bond motifs is 1. The summed E-state index contributed by atoms with van der Waals surface area (Å²) in [4.78, 5) is 24.4. The number of hydrogen-bond acceptors (Lipinski definition) is 7. The molecular weight excluding hydrogens is 393 g/mol. The molecule has 0 unspecified atom stereocenters. The van der Waals surface area contributed by atoms with Gasteiger partial charge in [0.2, 0.25) is 5.43 Å². The average Bonchev–Trinajstić information content (AvgIpc) is 3.29. The molecule has 0 saturated heterocycles. The molecule has 4 aromatic rings. The van der Waals surface area contributed by atoms with Crippen LogP contribution in [-0.4, -0.2) is 23.9 Å². The number of nitrogens with one attached hydrogen (secondary N) is 1. The van der Waals surface area contributed by atoms with Crippen molar-refractivity contribution in [2.24, 2.45) is 5.10 Å². The van der Waals surface area contributed by atoms with Gasteiger partial charge in [0.1, 0.15) is 23.4 Å². The second-order valence-electron chi connectivity index (χ2n) is 6.12. The van der Waals surface area contributed by atoms with E-state index in [1.54, 1.807) is 30.3 Å². The number of amides is 1. The summed E-state index contributed by atoms with van der Waals surface area (Å²) in [6, 6.07) is 12.1. The van der Waals surface area contributed by atoms with Gasteiger partial charge >= 0.3 is 0 Å². The van der Waals surface area contributed by atoms with Gasteiger partial charge in [0, 0.05) is 6.07 Å². The Bertz CT molecular complexity index is 1280. The number of benzene rings is 2. The van der Waals surface area contributed by atoms with Crippen LogP contribution in [0.5, 0.6) is 5.75 Å². The molecule has 0 atom stereocenters. The molecule has 0 radical (unpaired) electrons. The highest BCUT2D eigenvalue weighted by Crippen LogP contribution is 2.30. The van der Waals surface area contributed by atoms with E-state index in [0.29, 0.717) is 22.3 Å². The Labute approximate surface area is 168 Å². The van der Waals surface area contributed by atoms with Crippen LogP contribution >= 0.6 is 0 Å². The number of aromatic nitrogens is 1. The van der Waals surface area contributed by atoms with Gasteiger partial charge < -0.3 is 13.7 Å². The maximum absolute atomic E-state index is 13.5. The highest BCUT2D eigenvalue weighted by molar-refractivity contribution is 5.87. The van der Waals surface area contributed by atoms with E-state index in [4.69, 9.17) is 13.7 Å². The molecule has 9 heteroatoms. The van der Waals surface area contributed by atoms with Gasteiger partial charge in [-0.25, -0.2) is 9.82 Å². The zero-order valence-electron chi connectivity index (χ0n) is 15.4. The maximum Gasteiger partial charge on any atom is 0.277 e. The van der Waals surface area contributed by atoms with Crippen LogP contribution < -0.4 is 15.6 Å². The first-order valence-electron chi connectivity index (χ1n) is 8.77. The summed E-state index contributed by atoms with van der Waals surface area (Å²) in [7, 11) is 0. The number of hydrogen-bond donors (Lipinski definition) is 1. The maximum atomic E-state index is 13.5. The summed E-state index contributed by atoms with van der Waals surface area (Å²) in [5.74, 6) is -0.533. The van der Waals surface area contributed by atoms with Gasteiger partial charge in [0.15, 0.2) is 12.4 Å². The number of nitrogens with zero attached hydrogens (tertiary/aromatic N) is 2. The highest BCUT2D eigenvalue weighted by Gasteiger charge is 2.13. The molecular formula is C21H14FN3O5. The molecule has 4 rings (SSSR count). The normalized spacial score (nSPS) is 11.1. The van der Waals surface area contributed by atoms with Crippen molar-refractivity contribution in [1.29, 1.82) is 0 Å². The van der Waals surface area contributed by atoms with Gasteiger partial charge in [0.05, 0.1) is 28.9 Å². The standard InChI is InChI=1S/C21H14FN3O5/c22-14-5-6-18(16(9-14)19-7-8-24-30-19)29-12-20(26)25-23-10-13-11-28-17-4-2-1-3-15(17)21(13)27/h1-11H,12H2,(H,25,26)/b23-10+. The highest BCUT2D eigenvalue weighted by atomic mass is 19.1. The zero-order valence-corrected chi connectivity index (χ0v) is 15.4. The Hall–Kier alpha value is -4.27. The van der Waals surface area contributed by atoms with E-state index in [2.05, 4.69) is 15.7 Å². The van der Waals surface area contributed by atoms with Gasteiger partial charge in [-0.3, -0.25) is 9.59 Å². The fraction of sp³-hybridized carbons (Fsp3) is 0.0476. The Kier molecular flexibility index (Phi) is 5.33. The summed E-state index contributed by atoms with van der Waals surface area (Å²) in [5, 5.41) is 7.74. The number of ether oxygens (including phenoxy) is 1. The van der Waals surface area contributed by atoms with Crippen molar-refractivity contribution in [2.75, 3.05) is 6.61 Å². The fourth-order valence-corrected chi connectivity index (χ4v) is 2.71. The second-order valence-corrected chi connectivity index (χ2v) is 6.12. The Morgan fingerprint density at radius 3 is 2.93 bits per heavy atom. The monoisotopic (exact) mass is 407 g/mol. The van der Waals surface area contributed by atoms with Crippen LogP contribution in [0.4, 0.5) is 4.39 Å². The van der Waals surface area contributed by atoms with Crippen LogP contribution in [0.3, 0.4) is 0 Å². The number of carbonyl (C=O) groups is 1. The van der Waals surface area contributed by atoms with Gasteiger partial charge in [0.25, 0.3) is 5.91 Å². The predicted octanol–water partition coefficient (Wildman–Crippen LogP) is 3.12. The molecule has 0 bridgehead atoms. The Balaban J connectivity index is 1.41. The minimum absolute atomic E-state index is 0.182. The molecule has 0 saturated carbocycles. The molecule has 0 spiro atoms. The SMILES string of the molecule is O=C(COc1ccc(F)cc1-c1ccno1)N/N=C/c1coc2ccccc2c1=O. The molecule has 150 valence electrons. The van der Waals surface area contributed by atoms with Crippen LogP contribution in [0.1, 0.15) is 5.56 Å². The smallest absolute Gasteiger partial charge is 0.277 e. The molecule has 1 N–H and O–H groups in total. The molecule has 2 aromatic heterocycles. The minimum Gasteiger partial charge on any atom is -0.483 e.